The van der Waals surface area contributed by atoms with Crippen LogP contribution in [0.15, 0.2) is 54.6 Å². The Morgan fingerprint density at radius 2 is 1.68 bits per heavy atom. The van der Waals surface area contributed by atoms with Crippen LogP contribution in [0.5, 0.6) is 0 Å². The van der Waals surface area contributed by atoms with Crippen LogP contribution in [0, 0.1) is 13.8 Å². The molecule has 1 aromatic heterocycles. The average molecular weight is 417 g/mol. The highest BCUT2D eigenvalue weighted by atomic mass is 16.3. The minimum absolute atomic E-state index is 0.297. The maximum atomic E-state index is 9.74. The molecule has 0 bridgehead atoms. The van der Waals surface area contributed by atoms with Crippen LogP contribution in [0.1, 0.15) is 29.3 Å². The number of piperazine rings is 1. The third kappa shape index (κ3) is 5.30. The van der Waals surface area contributed by atoms with Crippen molar-refractivity contribution in [3.8, 4) is 11.4 Å². The Morgan fingerprint density at radius 3 is 2.35 bits per heavy atom. The highest BCUT2D eigenvalue weighted by Crippen LogP contribution is 2.28. The van der Waals surface area contributed by atoms with Gasteiger partial charge in [-0.3, -0.25) is 4.90 Å². The molecule has 0 spiro atoms. The molecular weight excluding hydrogens is 384 g/mol. The van der Waals surface area contributed by atoms with Gasteiger partial charge in [0.05, 0.1) is 6.10 Å². The fourth-order valence-electron chi connectivity index (χ4n) is 4.31. The fraction of sp³-hybridized carbons (Fsp3) is 0.385. The molecule has 2 aromatic carbocycles. The summed E-state index contributed by atoms with van der Waals surface area (Å²) in [4.78, 5) is 14.7. The van der Waals surface area contributed by atoms with Gasteiger partial charge in [-0.05, 0) is 26.3 Å². The van der Waals surface area contributed by atoms with Gasteiger partial charge < -0.3 is 10.0 Å². The summed E-state index contributed by atoms with van der Waals surface area (Å²) in [6.07, 6.45) is 0.528. The van der Waals surface area contributed by atoms with Crippen molar-refractivity contribution in [1.82, 2.24) is 14.9 Å². The molecule has 1 fully saturated rings. The molecular formula is C26H32N4O. The molecule has 2 heterocycles. The van der Waals surface area contributed by atoms with E-state index < -0.39 is 0 Å². The predicted molar refractivity (Wildman–Crippen MR) is 127 cm³/mol. The molecule has 4 rings (SSSR count). The number of rotatable bonds is 6. The third-order valence-electron chi connectivity index (χ3n) is 5.88. The lowest BCUT2D eigenvalue weighted by molar-refractivity contribution is 0.122. The van der Waals surface area contributed by atoms with Gasteiger partial charge in [0, 0.05) is 56.0 Å². The molecule has 162 valence electrons. The van der Waals surface area contributed by atoms with Gasteiger partial charge in [-0.1, -0.05) is 60.2 Å². The maximum Gasteiger partial charge on any atom is 0.161 e. The normalized spacial score (nSPS) is 15.8. The molecule has 1 saturated heterocycles. The van der Waals surface area contributed by atoms with Crippen molar-refractivity contribution in [2.75, 3.05) is 37.6 Å². The summed E-state index contributed by atoms with van der Waals surface area (Å²) >= 11 is 0. The van der Waals surface area contributed by atoms with E-state index in [9.17, 15) is 5.11 Å². The Morgan fingerprint density at radius 1 is 0.935 bits per heavy atom. The Bertz CT molecular complexity index is 1010. The highest BCUT2D eigenvalue weighted by Gasteiger charge is 2.23. The van der Waals surface area contributed by atoms with E-state index in [1.54, 1.807) is 0 Å². The van der Waals surface area contributed by atoms with E-state index in [2.05, 4.69) is 60.0 Å². The summed E-state index contributed by atoms with van der Waals surface area (Å²) in [5, 5.41) is 9.74. The van der Waals surface area contributed by atoms with Crippen molar-refractivity contribution in [2.24, 2.45) is 0 Å². The van der Waals surface area contributed by atoms with Gasteiger partial charge >= 0.3 is 0 Å². The van der Waals surface area contributed by atoms with Crippen molar-refractivity contribution < 1.29 is 5.11 Å². The highest BCUT2D eigenvalue weighted by molar-refractivity contribution is 5.61. The number of aromatic nitrogens is 2. The number of hydrogen-bond acceptors (Lipinski definition) is 5. The second-order valence-electron chi connectivity index (χ2n) is 8.60. The lowest BCUT2D eigenvalue weighted by Crippen LogP contribution is -2.48. The van der Waals surface area contributed by atoms with Gasteiger partial charge in [0.25, 0.3) is 0 Å². The molecule has 1 aliphatic rings. The molecule has 0 saturated carbocycles. The van der Waals surface area contributed by atoms with E-state index in [4.69, 9.17) is 9.97 Å². The number of aliphatic hydroxyl groups is 1. The van der Waals surface area contributed by atoms with Crippen molar-refractivity contribution in [3.05, 3.63) is 77.0 Å². The molecule has 1 N–H and O–H groups in total. The van der Waals surface area contributed by atoms with Crippen LogP contribution < -0.4 is 4.90 Å². The number of aliphatic hydroxyl groups excluding tert-OH is 1. The number of anilines is 1. The zero-order valence-corrected chi connectivity index (χ0v) is 18.8. The van der Waals surface area contributed by atoms with Gasteiger partial charge in [0.2, 0.25) is 0 Å². The number of nitrogens with zero attached hydrogens (tertiary/aromatic N) is 4. The zero-order chi connectivity index (χ0) is 21.8. The molecule has 1 aliphatic heterocycles. The topological polar surface area (TPSA) is 52.5 Å². The average Bonchev–Trinajstić information content (AvgIpc) is 2.76. The van der Waals surface area contributed by atoms with E-state index >= 15 is 0 Å². The van der Waals surface area contributed by atoms with Gasteiger partial charge in [0.1, 0.15) is 5.82 Å². The third-order valence-corrected chi connectivity index (χ3v) is 5.88. The summed E-state index contributed by atoms with van der Waals surface area (Å²) in [5.74, 6) is 1.83. The van der Waals surface area contributed by atoms with Crippen LogP contribution in [-0.2, 0) is 6.42 Å². The quantitative estimate of drug-likeness (QED) is 0.661. The molecule has 5 heteroatoms. The first-order valence-corrected chi connectivity index (χ1v) is 11.1. The fourth-order valence-corrected chi connectivity index (χ4v) is 4.31. The second-order valence-corrected chi connectivity index (χ2v) is 8.60. The van der Waals surface area contributed by atoms with Crippen LogP contribution in [0.4, 0.5) is 5.82 Å². The summed E-state index contributed by atoms with van der Waals surface area (Å²) in [6.45, 7) is 10.5. The monoisotopic (exact) mass is 416 g/mol. The first kappa shape index (κ1) is 21.5. The van der Waals surface area contributed by atoms with Crippen LogP contribution >= 0.6 is 0 Å². The summed E-state index contributed by atoms with van der Waals surface area (Å²) < 4.78 is 0. The maximum absolute atomic E-state index is 9.74. The van der Waals surface area contributed by atoms with E-state index in [-0.39, 0.29) is 6.10 Å². The van der Waals surface area contributed by atoms with Crippen LogP contribution in [-0.4, -0.2) is 58.8 Å². The lowest BCUT2D eigenvalue weighted by Gasteiger charge is -2.37. The molecule has 31 heavy (non-hydrogen) atoms. The predicted octanol–water partition coefficient (Wildman–Crippen LogP) is 3.85. The van der Waals surface area contributed by atoms with E-state index in [0.29, 0.717) is 0 Å². The molecule has 0 aliphatic carbocycles. The molecule has 3 aromatic rings. The Labute approximate surface area is 185 Å². The van der Waals surface area contributed by atoms with Gasteiger partial charge in [-0.15, -0.1) is 0 Å². The smallest absolute Gasteiger partial charge is 0.161 e. The van der Waals surface area contributed by atoms with Gasteiger partial charge in [0.15, 0.2) is 5.82 Å². The largest absolute Gasteiger partial charge is 0.392 e. The SMILES string of the molecule is Cc1cccc(Cc2c(C)nc(-c3ccccc3)nc2N2CCN(C[C@@H](C)O)CC2)c1. The van der Waals surface area contributed by atoms with Gasteiger partial charge in [-0.2, -0.15) is 0 Å². The Balaban J connectivity index is 1.68. The molecule has 1 atom stereocenters. The van der Waals surface area contributed by atoms with Crippen molar-refractivity contribution >= 4 is 5.82 Å². The van der Waals surface area contributed by atoms with Crippen LogP contribution in [0.3, 0.4) is 0 Å². The van der Waals surface area contributed by atoms with Crippen LogP contribution in [0.2, 0.25) is 0 Å². The minimum Gasteiger partial charge on any atom is -0.392 e. The number of aryl methyl sites for hydroxylation is 2. The van der Waals surface area contributed by atoms with Gasteiger partial charge in [-0.25, -0.2) is 9.97 Å². The molecule has 5 nitrogen and oxygen atoms in total. The summed E-state index contributed by atoms with van der Waals surface area (Å²) in [7, 11) is 0. The summed E-state index contributed by atoms with van der Waals surface area (Å²) in [6, 6.07) is 18.9. The van der Waals surface area contributed by atoms with E-state index in [1.165, 1.54) is 16.7 Å². The number of hydrogen-bond donors (Lipinski definition) is 1. The Kier molecular flexibility index (Phi) is 6.64. The van der Waals surface area contributed by atoms with E-state index in [0.717, 1.165) is 62.0 Å². The number of β-amino-alcohol motifs (C(OH)–C–C–N with tert-alkyl or cyclic N) is 1. The van der Waals surface area contributed by atoms with Crippen molar-refractivity contribution in [2.45, 2.75) is 33.3 Å². The van der Waals surface area contributed by atoms with Crippen molar-refractivity contribution in [1.29, 1.82) is 0 Å². The Hall–Kier alpha value is -2.76. The first-order valence-electron chi connectivity index (χ1n) is 11.1. The van der Waals surface area contributed by atoms with Crippen LogP contribution in [0.25, 0.3) is 11.4 Å². The molecule has 0 unspecified atom stereocenters. The minimum atomic E-state index is -0.297. The molecule has 0 amide bonds. The second kappa shape index (κ2) is 9.58. The van der Waals surface area contributed by atoms with E-state index in [1.807, 2.05) is 25.1 Å². The number of benzene rings is 2. The first-order chi connectivity index (χ1) is 15.0. The standard InChI is InChI=1S/C26H32N4O/c1-19-8-7-9-22(16-19)17-24-21(3)27-25(23-10-5-4-6-11-23)28-26(24)30-14-12-29(13-15-30)18-20(2)31/h4-11,16,20,31H,12-15,17-18H2,1-3H3/t20-/m1/s1. The lowest BCUT2D eigenvalue weighted by atomic mass is 10.0. The molecule has 0 radical (unpaired) electrons. The summed E-state index contributed by atoms with van der Waals surface area (Å²) in [5.41, 5.74) is 5.84. The van der Waals surface area contributed by atoms with Crippen molar-refractivity contribution in [3.63, 3.8) is 0 Å². The zero-order valence-electron chi connectivity index (χ0n) is 18.8.